The van der Waals surface area contributed by atoms with Crippen LogP contribution in [-0.2, 0) is 16.0 Å². The number of urea groups is 1. The van der Waals surface area contributed by atoms with E-state index in [1.165, 1.54) is 0 Å². The average Bonchev–Trinajstić information content (AvgIpc) is 3.01. The molecule has 0 saturated heterocycles. The van der Waals surface area contributed by atoms with Gasteiger partial charge in [-0.05, 0) is 47.7 Å². The van der Waals surface area contributed by atoms with Crippen LogP contribution < -0.4 is 32.6 Å². The number of nitrogens with two attached hydrogens (primary N) is 1. The predicted octanol–water partition coefficient (Wildman–Crippen LogP) is 1.79. The van der Waals surface area contributed by atoms with E-state index in [4.69, 9.17) is 5.73 Å². The van der Waals surface area contributed by atoms with Gasteiger partial charge in [0.05, 0.1) is 11.0 Å². The number of thiol groups is 1. The molecule has 0 spiro atoms. The summed E-state index contributed by atoms with van der Waals surface area (Å²) in [5.41, 5.74) is 5.68. The summed E-state index contributed by atoms with van der Waals surface area (Å²) in [6.45, 7) is 0.618. The SMILES string of the molecule is NC(=O)NCCCC[C@@H](NC(=O)[C@H](Cc1ccc2ccccc2c1)NC(=O)c1nc2ccccc2[nH]c1=O)C(=O)NCCS. The molecule has 1 aromatic heterocycles. The number of benzene rings is 3. The number of primary amides is 1. The molecule has 0 unspecified atom stereocenters. The second kappa shape index (κ2) is 15.5. The van der Waals surface area contributed by atoms with Crippen LogP contribution >= 0.6 is 12.6 Å². The Morgan fingerprint density at radius 1 is 0.841 bits per heavy atom. The zero-order valence-electron chi connectivity index (χ0n) is 24.0. The molecule has 2 atom stereocenters. The standard InChI is InChI=1S/C31H35N7O5S/c32-31(43)34-14-6-5-11-24(27(39)33-15-16-44)37-28(40)25(18-19-12-13-20-7-1-2-8-21(20)17-19)38-30(42)26-29(41)36-23-10-4-3-9-22(23)35-26/h1-4,7-10,12-13,17,24-25,44H,5-6,11,14-16,18H2,(H,33,39)(H,36,41)(H,37,40)(H,38,42)(H3,32,34,43)/t24-,25+/m1/s1. The summed E-state index contributed by atoms with van der Waals surface area (Å²) < 4.78 is 0. The van der Waals surface area contributed by atoms with Gasteiger partial charge < -0.3 is 32.0 Å². The third kappa shape index (κ3) is 8.80. The van der Waals surface area contributed by atoms with Gasteiger partial charge in [-0.1, -0.05) is 54.6 Å². The van der Waals surface area contributed by atoms with Crippen LogP contribution in [-0.4, -0.2) is 64.6 Å². The van der Waals surface area contributed by atoms with Crippen molar-refractivity contribution in [2.24, 2.45) is 5.73 Å². The first kappa shape index (κ1) is 32.0. The monoisotopic (exact) mass is 617 g/mol. The highest BCUT2D eigenvalue weighted by Gasteiger charge is 2.28. The van der Waals surface area contributed by atoms with Gasteiger partial charge in [-0.2, -0.15) is 12.6 Å². The first-order chi connectivity index (χ1) is 21.2. The first-order valence-electron chi connectivity index (χ1n) is 14.2. The smallest absolute Gasteiger partial charge is 0.312 e. The van der Waals surface area contributed by atoms with Crippen molar-refractivity contribution in [2.75, 3.05) is 18.8 Å². The van der Waals surface area contributed by atoms with Crippen LogP contribution in [0, 0.1) is 0 Å². The summed E-state index contributed by atoms with van der Waals surface area (Å²) in [5.74, 6) is -1.43. The molecule has 12 nitrogen and oxygen atoms in total. The highest BCUT2D eigenvalue weighted by molar-refractivity contribution is 7.80. The van der Waals surface area contributed by atoms with E-state index >= 15 is 0 Å². The number of H-pyrrole nitrogens is 1. The summed E-state index contributed by atoms with van der Waals surface area (Å²) in [5, 5.41) is 12.6. The van der Waals surface area contributed by atoms with Gasteiger partial charge in [0, 0.05) is 25.3 Å². The summed E-state index contributed by atoms with van der Waals surface area (Å²) in [6, 6.07) is 17.5. The lowest BCUT2D eigenvalue weighted by Gasteiger charge is -2.23. The van der Waals surface area contributed by atoms with Crippen LogP contribution in [0.4, 0.5) is 4.79 Å². The van der Waals surface area contributed by atoms with Gasteiger partial charge in [0.1, 0.15) is 12.1 Å². The molecule has 0 aliphatic carbocycles. The molecular weight excluding hydrogens is 582 g/mol. The number of carbonyl (C=O) groups excluding carboxylic acids is 4. The van der Waals surface area contributed by atoms with E-state index < -0.39 is 41.4 Å². The highest BCUT2D eigenvalue weighted by Crippen LogP contribution is 2.17. The number of carbonyl (C=O) groups is 4. The first-order valence-corrected chi connectivity index (χ1v) is 14.9. The van der Waals surface area contributed by atoms with Crippen molar-refractivity contribution in [3.63, 3.8) is 0 Å². The Labute approximate surface area is 259 Å². The number of aromatic amines is 1. The Balaban J connectivity index is 1.58. The van der Waals surface area contributed by atoms with Gasteiger partial charge in [0.2, 0.25) is 11.8 Å². The zero-order valence-corrected chi connectivity index (χ0v) is 24.9. The molecule has 7 N–H and O–H groups in total. The average molecular weight is 618 g/mol. The van der Waals surface area contributed by atoms with Crippen molar-refractivity contribution >= 4 is 58.2 Å². The lowest BCUT2D eigenvalue weighted by atomic mass is 10.00. The van der Waals surface area contributed by atoms with Crippen molar-refractivity contribution in [3.8, 4) is 0 Å². The van der Waals surface area contributed by atoms with Crippen molar-refractivity contribution in [1.29, 1.82) is 0 Å². The van der Waals surface area contributed by atoms with Crippen LogP contribution in [0.3, 0.4) is 0 Å². The molecule has 230 valence electrons. The van der Waals surface area contributed by atoms with E-state index in [1.54, 1.807) is 24.3 Å². The van der Waals surface area contributed by atoms with Gasteiger partial charge in [0.15, 0.2) is 5.69 Å². The molecule has 0 saturated carbocycles. The van der Waals surface area contributed by atoms with Crippen molar-refractivity contribution < 1.29 is 19.2 Å². The summed E-state index contributed by atoms with van der Waals surface area (Å²) in [6.07, 6.45) is 1.38. The van der Waals surface area contributed by atoms with Crippen molar-refractivity contribution in [2.45, 2.75) is 37.8 Å². The second-order valence-corrected chi connectivity index (χ2v) is 10.7. The summed E-state index contributed by atoms with van der Waals surface area (Å²) in [4.78, 5) is 70.7. The van der Waals surface area contributed by atoms with Crippen molar-refractivity contribution in [1.82, 2.24) is 31.2 Å². The number of unbranched alkanes of at least 4 members (excludes halogenated alkanes) is 1. The number of para-hydroxylation sites is 2. The maximum atomic E-state index is 13.7. The molecular formula is C31H35N7O5S. The number of hydrogen-bond acceptors (Lipinski definition) is 7. The van der Waals surface area contributed by atoms with Gasteiger partial charge >= 0.3 is 6.03 Å². The summed E-state index contributed by atoms with van der Waals surface area (Å²) in [7, 11) is 0. The number of hydrogen-bond donors (Lipinski definition) is 7. The molecule has 0 bridgehead atoms. The topological polar surface area (TPSA) is 188 Å². The fourth-order valence-corrected chi connectivity index (χ4v) is 4.86. The number of nitrogens with one attached hydrogen (secondary N) is 5. The Hall–Kier alpha value is -4.91. The van der Waals surface area contributed by atoms with Gasteiger partial charge in [-0.3, -0.25) is 19.2 Å². The molecule has 44 heavy (non-hydrogen) atoms. The fraction of sp³-hybridized carbons (Fsp3) is 0.290. The molecule has 5 amide bonds. The number of fused-ring (bicyclic) bond motifs is 2. The third-order valence-electron chi connectivity index (χ3n) is 6.95. The summed E-state index contributed by atoms with van der Waals surface area (Å²) >= 11 is 4.13. The minimum Gasteiger partial charge on any atom is -0.353 e. The normalized spacial score (nSPS) is 12.3. The van der Waals surface area contributed by atoms with E-state index in [0.29, 0.717) is 42.7 Å². The minimum absolute atomic E-state index is 0.0847. The van der Waals surface area contributed by atoms with E-state index in [0.717, 1.165) is 16.3 Å². The predicted molar refractivity (Wildman–Crippen MR) is 172 cm³/mol. The molecule has 0 radical (unpaired) electrons. The van der Waals surface area contributed by atoms with Gasteiger partial charge in [-0.25, -0.2) is 9.78 Å². The highest BCUT2D eigenvalue weighted by atomic mass is 32.1. The molecule has 0 fully saturated rings. The molecule has 13 heteroatoms. The van der Waals surface area contributed by atoms with E-state index in [2.05, 4.69) is 43.9 Å². The largest absolute Gasteiger partial charge is 0.353 e. The lowest BCUT2D eigenvalue weighted by molar-refractivity contribution is -0.130. The maximum Gasteiger partial charge on any atom is 0.312 e. The Morgan fingerprint density at radius 2 is 1.59 bits per heavy atom. The second-order valence-electron chi connectivity index (χ2n) is 10.2. The quantitative estimate of drug-likeness (QED) is 0.0834. The van der Waals surface area contributed by atoms with Gasteiger partial charge in [-0.15, -0.1) is 0 Å². The molecule has 1 heterocycles. The van der Waals surface area contributed by atoms with Crippen LogP contribution in [0.5, 0.6) is 0 Å². The molecule has 0 aliphatic rings. The fourth-order valence-electron chi connectivity index (χ4n) is 4.75. The zero-order chi connectivity index (χ0) is 31.5. The number of nitrogens with zero attached hydrogens (tertiary/aromatic N) is 1. The maximum absolute atomic E-state index is 13.7. The van der Waals surface area contributed by atoms with E-state index in [9.17, 15) is 24.0 Å². The van der Waals surface area contributed by atoms with E-state index in [-0.39, 0.29) is 18.5 Å². The van der Waals surface area contributed by atoms with E-state index in [1.807, 2.05) is 42.5 Å². The Bertz CT molecular complexity index is 1710. The van der Waals surface area contributed by atoms with Crippen molar-refractivity contribution in [3.05, 3.63) is 88.3 Å². The Kier molecular flexibility index (Phi) is 11.3. The third-order valence-corrected chi connectivity index (χ3v) is 7.18. The number of amides is 5. The number of aromatic nitrogens is 2. The molecule has 0 aliphatic heterocycles. The molecule has 4 aromatic rings. The Morgan fingerprint density at radius 3 is 2.36 bits per heavy atom. The van der Waals surface area contributed by atoms with Crippen LogP contribution in [0.25, 0.3) is 21.8 Å². The molecule has 3 aromatic carbocycles. The van der Waals surface area contributed by atoms with Crippen LogP contribution in [0.1, 0.15) is 35.3 Å². The van der Waals surface area contributed by atoms with Crippen LogP contribution in [0.2, 0.25) is 0 Å². The van der Waals surface area contributed by atoms with Gasteiger partial charge in [0.25, 0.3) is 11.5 Å². The lowest BCUT2D eigenvalue weighted by Crippen LogP contribution is -2.55. The number of rotatable bonds is 14. The molecule has 4 rings (SSSR count). The van der Waals surface area contributed by atoms with Crippen LogP contribution in [0.15, 0.2) is 71.5 Å². The minimum atomic E-state index is -1.15.